The van der Waals surface area contributed by atoms with Crippen molar-refractivity contribution in [2.45, 2.75) is 0 Å². The molecule has 0 amide bonds. The molecule has 2 heterocycles. The van der Waals surface area contributed by atoms with E-state index in [-0.39, 0.29) is 0 Å². The third-order valence-electron chi connectivity index (χ3n) is 8.54. The quantitative estimate of drug-likeness (QED) is 0.199. The van der Waals surface area contributed by atoms with E-state index in [2.05, 4.69) is 145 Å². The molecule has 196 valence electrons. The number of fused-ring (bicyclic) bond motifs is 7. The second kappa shape index (κ2) is 9.17. The molecule has 0 N–H and O–H groups in total. The Labute approximate surface area is 246 Å². The summed E-state index contributed by atoms with van der Waals surface area (Å²) in [6, 6.07) is 50.1. The van der Waals surface area contributed by atoms with Crippen molar-refractivity contribution >= 4 is 64.9 Å². The van der Waals surface area contributed by atoms with Gasteiger partial charge in [-0.1, -0.05) is 115 Å². The highest BCUT2D eigenvalue weighted by molar-refractivity contribution is 7.18. The van der Waals surface area contributed by atoms with Crippen LogP contribution in [-0.2, 0) is 0 Å². The molecule has 0 unspecified atom stereocenters. The van der Waals surface area contributed by atoms with E-state index in [4.69, 9.17) is 4.42 Å². The molecule has 2 heteroatoms. The highest BCUT2D eigenvalue weighted by Gasteiger charge is 2.19. The fourth-order valence-corrected chi connectivity index (χ4v) is 7.71. The summed E-state index contributed by atoms with van der Waals surface area (Å²) in [5.41, 5.74) is 9.27. The van der Waals surface area contributed by atoms with Crippen LogP contribution in [0.2, 0.25) is 0 Å². The molecule has 1 nitrogen and oxygen atoms in total. The molecule has 7 aromatic carbocycles. The SMILES string of the molecule is c1ccc(-c2c3ccccc3c(-c3ccc4c(c3)oc3ccc5scc(-c6ccccc6)c5c34)c3ccccc23)cc1. The summed E-state index contributed by atoms with van der Waals surface area (Å²) >= 11 is 1.80. The average Bonchev–Trinajstić information content (AvgIpc) is 3.65. The number of hydrogen-bond donors (Lipinski definition) is 0. The molecule has 0 saturated carbocycles. The fraction of sp³-hybridized carbons (Fsp3) is 0. The summed E-state index contributed by atoms with van der Waals surface area (Å²) < 4.78 is 7.88. The van der Waals surface area contributed by atoms with Gasteiger partial charge in [-0.25, -0.2) is 0 Å². The Morgan fingerprint density at radius 3 is 1.62 bits per heavy atom. The monoisotopic (exact) mass is 552 g/mol. The van der Waals surface area contributed by atoms with Crippen LogP contribution >= 0.6 is 11.3 Å². The van der Waals surface area contributed by atoms with Gasteiger partial charge in [0.2, 0.25) is 0 Å². The predicted molar refractivity (Wildman–Crippen MR) is 180 cm³/mol. The molecule has 0 aliphatic rings. The summed E-state index contributed by atoms with van der Waals surface area (Å²) in [5.74, 6) is 0. The maximum atomic E-state index is 6.60. The minimum absolute atomic E-state index is 0.917. The van der Waals surface area contributed by atoms with Gasteiger partial charge < -0.3 is 4.42 Å². The van der Waals surface area contributed by atoms with Gasteiger partial charge in [-0.15, -0.1) is 11.3 Å². The zero-order chi connectivity index (χ0) is 27.6. The molecule has 2 aromatic heterocycles. The molecule has 0 bridgehead atoms. The summed E-state index contributed by atoms with van der Waals surface area (Å²) in [6.45, 7) is 0. The zero-order valence-corrected chi connectivity index (χ0v) is 23.5. The number of hydrogen-bond acceptors (Lipinski definition) is 2. The highest BCUT2D eigenvalue weighted by Crippen LogP contribution is 2.46. The van der Waals surface area contributed by atoms with Crippen LogP contribution in [0.5, 0.6) is 0 Å². The molecule has 0 atom stereocenters. The van der Waals surface area contributed by atoms with Crippen LogP contribution in [0.3, 0.4) is 0 Å². The Bertz CT molecular complexity index is 2390. The molecule has 0 radical (unpaired) electrons. The van der Waals surface area contributed by atoms with Crippen molar-refractivity contribution in [1.82, 2.24) is 0 Å². The van der Waals surface area contributed by atoms with Crippen molar-refractivity contribution in [2.75, 3.05) is 0 Å². The summed E-state index contributed by atoms with van der Waals surface area (Å²) in [7, 11) is 0. The van der Waals surface area contributed by atoms with Crippen LogP contribution in [0.15, 0.2) is 149 Å². The minimum atomic E-state index is 0.917. The van der Waals surface area contributed by atoms with Crippen LogP contribution < -0.4 is 0 Å². The van der Waals surface area contributed by atoms with Crippen LogP contribution in [-0.4, -0.2) is 0 Å². The smallest absolute Gasteiger partial charge is 0.136 e. The molecule has 42 heavy (non-hydrogen) atoms. The summed E-state index contributed by atoms with van der Waals surface area (Å²) in [6.07, 6.45) is 0. The van der Waals surface area contributed by atoms with E-state index in [1.807, 2.05) is 0 Å². The first-order chi connectivity index (χ1) is 20.8. The van der Waals surface area contributed by atoms with Gasteiger partial charge in [0, 0.05) is 26.4 Å². The molecular formula is C40H24OS. The lowest BCUT2D eigenvalue weighted by Crippen LogP contribution is -1.90. The second-order valence-electron chi connectivity index (χ2n) is 10.8. The van der Waals surface area contributed by atoms with Gasteiger partial charge in [0.15, 0.2) is 0 Å². The summed E-state index contributed by atoms with van der Waals surface area (Å²) in [5, 5.41) is 10.9. The molecule has 9 rings (SSSR count). The maximum absolute atomic E-state index is 6.60. The third-order valence-corrected chi connectivity index (χ3v) is 9.49. The maximum Gasteiger partial charge on any atom is 0.136 e. The highest BCUT2D eigenvalue weighted by atomic mass is 32.1. The Balaban J connectivity index is 1.34. The molecule has 0 fully saturated rings. The van der Waals surface area contributed by atoms with Crippen molar-refractivity contribution < 1.29 is 4.42 Å². The van der Waals surface area contributed by atoms with Gasteiger partial charge in [0.05, 0.1) is 0 Å². The Hall–Kier alpha value is -5.18. The van der Waals surface area contributed by atoms with Gasteiger partial charge in [-0.05, 0) is 79.0 Å². The largest absolute Gasteiger partial charge is 0.456 e. The van der Waals surface area contributed by atoms with Crippen molar-refractivity contribution in [3.05, 3.63) is 145 Å². The molecule has 0 aliphatic heterocycles. The van der Waals surface area contributed by atoms with Crippen LogP contribution in [0, 0.1) is 0 Å². The third kappa shape index (κ3) is 3.43. The van der Waals surface area contributed by atoms with E-state index in [0.717, 1.165) is 16.6 Å². The van der Waals surface area contributed by atoms with Crippen molar-refractivity contribution in [3.8, 4) is 33.4 Å². The van der Waals surface area contributed by atoms with Gasteiger partial charge in [0.25, 0.3) is 0 Å². The molecule has 0 saturated heterocycles. The topological polar surface area (TPSA) is 13.1 Å². The normalized spacial score (nSPS) is 11.8. The lowest BCUT2D eigenvalue weighted by Gasteiger charge is -2.17. The first kappa shape index (κ1) is 23.5. The molecule has 0 spiro atoms. The first-order valence-electron chi connectivity index (χ1n) is 14.3. The Morgan fingerprint density at radius 1 is 0.405 bits per heavy atom. The van der Waals surface area contributed by atoms with E-state index in [1.54, 1.807) is 11.3 Å². The van der Waals surface area contributed by atoms with Gasteiger partial charge in [-0.3, -0.25) is 0 Å². The lowest BCUT2D eigenvalue weighted by molar-refractivity contribution is 0.669. The Morgan fingerprint density at radius 2 is 0.976 bits per heavy atom. The lowest BCUT2D eigenvalue weighted by atomic mass is 9.86. The number of benzene rings is 7. The number of furan rings is 1. The van der Waals surface area contributed by atoms with E-state index in [9.17, 15) is 0 Å². The van der Waals surface area contributed by atoms with E-state index < -0.39 is 0 Å². The minimum Gasteiger partial charge on any atom is -0.456 e. The standard InChI is InChI=1S/C40H24OS/c1-3-11-25(12-4-1)33-24-42-36-22-21-34-39(40(33)36)32-20-19-27(23-35(32)41-34)38-30-17-9-7-15-28(30)37(26-13-5-2-6-14-26)29-16-8-10-18-31(29)38/h1-24H. The van der Waals surface area contributed by atoms with E-state index in [1.165, 1.54) is 70.4 Å². The van der Waals surface area contributed by atoms with Crippen molar-refractivity contribution in [2.24, 2.45) is 0 Å². The van der Waals surface area contributed by atoms with E-state index in [0.29, 0.717) is 0 Å². The molecule has 9 aromatic rings. The average molecular weight is 553 g/mol. The van der Waals surface area contributed by atoms with Gasteiger partial charge in [-0.2, -0.15) is 0 Å². The number of rotatable bonds is 3. The fourth-order valence-electron chi connectivity index (χ4n) is 6.74. The summed E-state index contributed by atoms with van der Waals surface area (Å²) in [4.78, 5) is 0. The molecular weight excluding hydrogens is 529 g/mol. The van der Waals surface area contributed by atoms with Crippen LogP contribution in [0.4, 0.5) is 0 Å². The second-order valence-corrected chi connectivity index (χ2v) is 11.8. The van der Waals surface area contributed by atoms with Crippen molar-refractivity contribution in [3.63, 3.8) is 0 Å². The number of thiophene rings is 1. The van der Waals surface area contributed by atoms with Gasteiger partial charge in [0.1, 0.15) is 11.2 Å². The molecule has 0 aliphatic carbocycles. The van der Waals surface area contributed by atoms with Crippen LogP contribution in [0.1, 0.15) is 0 Å². The zero-order valence-electron chi connectivity index (χ0n) is 22.7. The Kier molecular flexibility index (Phi) is 5.13. The van der Waals surface area contributed by atoms with E-state index >= 15 is 0 Å². The predicted octanol–water partition coefficient (Wildman–Crippen LogP) is 12.1. The van der Waals surface area contributed by atoms with Gasteiger partial charge >= 0.3 is 0 Å². The van der Waals surface area contributed by atoms with Crippen molar-refractivity contribution in [1.29, 1.82) is 0 Å². The van der Waals surface area contributed by atoms with Crippen LogP contribution in [0.25, 0.3) is 87.0 Å². The first-order valence-corrected chi connectivity index (χ1v) is 15.1.